The lowest BCUT2D eigenvalue weighted by molar-refractivity contribution is 0.237. The second-order valence-electron chi connectivity index (χ2n) is 2.72. The van der Waals surface area contributed by atoms with Gasteiger partial charge in [-0.3, -0.25) is 0 Å². The Morgan fingerprint density at radius 1 is 1.57 bits per heavy atom. The predicted octanol–water partition coefficient (Wildman–Crippen LogP) is 0.322. The van der Waals surface area contributed by atoms with E-state index in [1.54, 1.807) is 12.1 Å². The van der Waals surface area contributed by atoms with Crippen LogP contribution >= 0.6 is 0 Å². The van der Waals surface area contributed by atoms with Crippen LogP contribution in [0.25, 0.3) is 11.6 Å². The van der Waals surface area contributed by atoms with Crippen molar-refractivity contribution in [2.45, 2.75) is 6.04 Å². The highest BCUT2D eigenvalue weighted by Crippen LogP contribution is 2.17. The minimum absolute atomic E-state index is 0.193. The quantitative estimate of drug-likeness (QED) is 0.731. The normalized spacial score (nSPS) is 13.0. The summed E-state index contributed by atoms with van der Waals surface area (Å²) in [5, 5.41) is 12.4. The fourth-order valence-corrected chi connectivity index (χ4v) is 0.970. The van der Waals surface area contributed by atoms with E-state index < -0.39 is 6.04 Å². The molecule has 6 heteroatoms. The molecule has 3 N–H and O–H groups in total. The van der Waals surface area contributed by atoms with Crippen LogP contribution in [0.5, 0.6) is 0 Å². The molecule has 0 bridgehead atoms. The molecule has 6 nitrogen and oxygen atoms in total. The van der Waals surface area contributed by atoms with Gasteiger partial charge in [0.2, 0.25) is 11.7 Å². The van der Waals surface area contributed by atoms with Gasteiger partial charge in [0.25, 0.3) is 0 Å². The first-order valence-corrected chi connectivity index (χ1v) is 4.05. The number of aromatic nitrogens is 2. The van der Waals surface area contributed by atoms with Crippen LogP contribution in [0.2, 0.25) is 0 Å². The summed E-state index contributed by atoms with van der Waals surface area (Å²) in [5.74, 6) is 1.03. The van der Waals surface area contributed by atoms with Gasteiger partial charge in [0.1, 0.15) is 6.04 Å². The van der Waals surface area contributed by atoms with Crippen LogP contribution in [0.4, 0.5) is 0 Å². The van der Waals surface area contributed by atoms with Gasteiger partial charge in [0.05, 0.1) is 12.9 Å². The summed E-state index contributed by atoms with van der Waals surface area (Å²) in [6.45, 7) is -0.236. The van der Waals surface area contributed by atoms with Crippen LogP contribution in [0, 0.1) is 0 Å². The topological polar surface area (TPSA) is 98.3 Å². The minimum Gasteiger partial charge on any atom is -0.461 e. The maximum Gasteiger partial charge on any atom is 0.246 e. The van der Waals surface area contributed by atoms with E-state index in [0.29, 0.717) is 11.6 Å². The Morgan fingerprint density at radius 3 is 3.07 bits per heavy atom. The molecule has 0 aliphatic carbocycles. The van der Waals surface area contributed by atoms with E-state index in [-0.39, 0.29) is 12.5 Å². The molecule has 0 fully saturated rings. The van der Waals surface area contributed by atoms with Crippen molar-refractivity contribution in [1.82, 2.24) is 10.1 Å². The van der Waals surface area contributed by atoms with Gasteiger partial charge < -0.3 is 19.8 Å². The molecule has 74 valence electrons. The van der Waals surface area contributed by atoms with Crippen LogP contribution in [0.1, 0.15) is 11.9 Å². The number of rotatable bonds is 3. The fraction of sp³-hybridized carbons (Fsp3) is 0.250. The smallest absolute Gasteiger partial charge is 0.246 e. The highest BCUT2D eigenvalue weighted by Gasteiger charge is 2.15. The lowest BCUT2D eigenvalue weighted by atomic mass is 10.3. The molecule has 0 saturated heterocycles. The Labute approximate surface area is 79.3 Å². The van der Waals surface area contributed by atoms with Crippen molar-refractivity contribution in [2.75, 3.05) is 6.61 Å². The second kappa shape index (κ2) is 3.60. The molecule has 2 aromatic rings. The maximum absolute atomic E-state index is 8.75. The van der Waals surface area contributed by atoms with E-state index >= 15 is 0 Å². The zero-order chi connectivity index (χ0) is 9.97. The van der Waals surface area contributed by atoms with E-state index in [1.807, 2.05) is 0 Å². The molecule has 14 heavy (non-hydrogen) atoms. The summed E-state index contributed by atoms with van der Waals surface area (Å²) < 4.78 is 9.89. The zero-order valence-corrected chi connectivity index (χ0v) is 7.25. The molecule has 0 unspecified atom stereocenters. The summed E-state index contributed by atoms with van der Waals surface area (Å²) in [5.41, 5.74) is 5.48. The first-order valence-electron chi connectivity index (χ1n) is 4.05. The number of aliphatic hydroxyl groups excluding tert-OH is 1. The molecule has 0 spiro atoms. The highest BCUT2D eigenvalue weighted by atomic mass is 16.5. The van der Waals surface area contributed by atoms with Gasteiger partial charge in [-0.2, -0.15) is 4.98 Å². The van der Waals surface area contributed by atoms with E-state index in [4.69, 9.17) is 19.8 Å². The average molecular weight is 195 g/mol. The van der Waals surface area contributed by atoms with Crippen molar-refractivity contribution in [3.63, 3.8) is 0 Å². The number of furan rings is 1. The van der Waals surface area contributed by atoms with Crippen LogP contribution < -0.4 is 5.73 Å². The van der Waals surface area contributed by atoms with E-state index in [0.717, 1.165) is 0 Å². The molecule has 0 saturated carbocycles. The number of nitrogens with two attached hydrogens (primary N) is 1. The predicted molar refractivity (Wildman–Crippen MR) is 46.0 cm³/mol. The number of hydrogen-bond donors (Lipinski definition) is 2. The van der Waals surface area contributed by atoms with E-state index in [1.165, 1.54) is 6.26 Å². The van der Waals surface area contributed by atoms with E-state index in [9.17, 15) is 0 Å². The fourth-order valence-electron chi connectivity index (χ4n) is 0.970. The van der Waals surface area contributed by atoms with Gasteiger partial charge in [-0.1, -0.05) is 5.16 Å². The van der Waals surface area contributed by atoms with E-state index in [2.05, 4.69) is 10.1 Å². The number of aliphatic hydroxyl groups is 1. The minimum atomic E-state index is -0.647. The lowest BCUT2D eigenvalue weighted by Gasteiger charge is -1.98. The van der Waals surface area contributed by atoms with Crippen LogP contribution in [-0.2, 0) is 0 Å². The van der Waals surface area contributed by atoms with Crippen LogP contribution in [0.3, 0.4) is 0 Å². The summed E-state index contributed by atoms with van der Waals surface area (Å²) in [6, 6.07) is 2.78. The Bertz CT molecular complexity index is 396. The number of hydrogen-bond acceptors (Lipinski definition) is 6. The average Bonchev–Trinajstić information content (AvgIpc) is 2.86. The molecular weight excluding hydrogens is 186 g/mol. The SMILES string of the molecule is N[C@@H](CO)c1nc(-c2ccco2)no1. The molecule has 2 rings (SSSR count). The van der Waals surface area contributed by atoms with Crippen molar-refractivity contribution >= 4 is 0 Å². The van der Waals surface area contributed by atoms with Gasteiger partial charge in [-0.05, 0) is 12.1 Å². The molecule has 1 atom stereocenters. The van der Waals surface area contributed by atoms with Crippen molar-refractivity contribution in [3.8, 4) is 11.6 Å². The highest BCUT2D eigenvalue weighted by molar-refractivity contribution is 5.44. The third-order valence-corrected chi connectivity index (χ3v) is 1.70. The van der Waals surface area contributed by atoms with Crippen molar-refractivity contribution < 1.29 is 14.0 Å². The largest absolute Gasteiger partial charge is 0.461 e. The van der Waals surface area contributed by atoms with Crippen LogP contribution in [-0.4, -0.2) is 21.9 Å². The van der Waals surface area contributed by atoms with Gasteiger partial charge in [-0.15, -0.1) is 0 Å². The Hall–Kier alpha value is -1.66. The second-order valence-corrected chi connectivity index (χ2v) is 2.72. The van der Waals surface area contributed by atoms with Crippen molar-refractivity contribution in [1.29, 1.82) is 0 Å². The monoisotopic (exact) mass is 195 g/mol. The molecule has 0 aromatic carbocycles. The van der Waals surface area contributed by atoms with Gasteiger partial charge in [0.15, 0.2) is 5.76 Å². The summed E-state index contributed by atoms with van der Waals surface area (Å²) in [7, 11) is 0. The standard InChI is InChI=1S/C8H9N3O3/c9-5(4-12)8-10-7(11-14-8)6-2-1-3-13-6/h1-3,5,12H,4,9H2/t5-/m0/s1. The zero-order valence-electron chi connectivity index (χ0n) is 7.25. The molecule has 0 amide bonds. The lowest BCUT2D eigenvalue weighted by Crippen LogP contribution is -2.14. The first kappa shape index (κ1) is 8.92. The summed E-state index contributed by atoms with van der Waals surface area (Å²) in [6.07, 6.45) is 1.51. The summed E-state index contributed by atoms with van der Waals surface area (Å²) in [4.78, 5) is 3.97. The third kappa shape index (κ3) is 1.52. The molecule has 2 aromatic heterocycles. The molecule has 0 radical (unpaired) electrons. The first-order chi connectivity index (χ1) is 6.81. The third-order valence-electron chi connectivity index (χ3n) is 1.70. The molecule has 0 aliphatic heterocycles. The van der Waals surface area contributed by atoms with Gasteiger partial charge >= 0.3 is 0 Å². The Kier molecular flexibility index (Phi) is 2.30. The molecule has 2 heterocycles. The summed E-state index contributed by atoms with van der Waals surface area (Å²) >= 11 is 0. The Morgan fingerprint density at radius 2 is 2.43 bits per heavy atom. The van der Waals surface area contributed by atoms with Crippen molar-refractivity contribution in [2.24, 2.45) is 5.73 Å². The molecular formula is C8H9N3O3. The van der Waals surface area contributed by atoms with Crippen molar-refractivity contribution in [3.05, 3.63) is 24.3 Å². The van der Waals surface area contributed by atoms with Gasteiger partial charge in [0, 0.05) is 0 Å². The molecule has 0 aliphatic rings. The maximum atomic E-state index is 8.75. The van der Waals surface area contributed by atoms with Gasteiger partial charge in [-0.25, -0.2) is 0 Å². The Balaban J connectivity index is 2.26. The van der Waals surface area contributed by atoms with Crippen LogP contribution in [0.15, 0.2) is 27.3 Å². The number of nitrogens with zero attached hydrogens (tertiary/aromatic N) is 2.